The maximum atomic E-state index is 13.3. The number of rotatable bonds is 6. The number of nitrogens with zero attached hydrogens (tertiary/aromatic N) is 1. The third-order valence-corrected chi connectivity index (χ3v) is 5.00. The molecule has 0 radical (unpaired) electrons. The van der Waals surface area contributed by atoms with Crippen molar-refractivity contribution in [2.75, 3.05) is 10.2 Å². The van der Waals surface area contributed by atoms with Crippen LogP contribution >= 0.6 is 0 Å². The van der Waals surface area contributed by atoms with Gasteiger partial charge in [0.1, 0.15) is 5.70 Å². The van der Waals surface area contributed by atoms with Crippen LogP contribution < -0.4 is 10.2 Å². The zero-order valence-electron chi connectivity index (χ0n) is 16.2. The van der Waals surface area contributed by atoms with Gasteiger partial charge < -0.3 is 15.5 Å². The van der Waals surface area contributed by atoms with Crippen LogP contribution in [0.1, 0.15) is 32.3 Å². The predicted octanol–water partition coefficient (Wildman–Crippen LogP) is 4.17. The van der Waals surface area contributed by atoms with E-state index in [0.717, 1.165) is 5.56 Å². The molecule has 0 bridgehead atoms. The first-order valence-electron chi connectivity index (χ1n) is 9.48. The Balaban J connectivity index is 1.67. The molecule has 3 aromatic rings. The van der Waals surface area contributed by atoms with Gasteiger partial charge in [0.2, 0.25) is 0 Å². The highest BCUT2D eigenvalue weighted by Crippen LogP contribution is 2.36. The highest BCUT2D eigenvalue weighted by molar-refractivity contribution is 6.11. The molecule has 7 nitrogen and oxygen atoms in total. The lowest BCUT2D eigenvalue weighted by Gasteiger charge is -2.25. The molecule has 3 N–H and O–H groups in total. The van der Waals surface area contributed by atoms with Crippen LogP contribution in [0.3, 0.4) is 0 Å². The Bertz CT molecular complexity index is 1170. The summed E-state index contributed by atoms with van der Waals surface area (Å²) in [5, 5.41) is 21.3. The Morgan fingerprint density at radius 2 is 1.32 bits per heavy atom. The topological polar surface area (TPSA) is 107 Å². The minimum atomic E-state index is -1.04. The van der Waals surface area contributed by atoms with Gasteiger partial charge in [-0.2, -0.15) is 0 Å². The quantitative estimate of drug-likeness (QED) is 0.559. The molecular weight excluding hydrogens is 396 g/mol. The second-order valence-electron chi connectivity index (χ2n) is 6.97. The Morgan fingerprint density at radius 1 is 0.774 bits per heavy atom. The average Bonchev–Trinajstić information content (AvgIpc) is 3.10. The standard InChI is InChI=1S/C24H18N2O5/c27-22-20(25-18-10-6-16(7-11-18)23(28)29)14-21(15-4-2-1-3-5-15)26(22)19-12-8-17(9-13-19)24(30)31/h1-14,21,25H,(H,28,29)(H,30,31). The first kappa shape index (κ1) is 19.9. The van der Waals surface area contributed by atoms with E-state index in [9.17, 15) is 14.4 Å². The molecule has 0 saturated carbocycles. The second kappa shape index (κ2) is 8.16. The van der Waals surface area contributed by atoms with Crippen LogP contribution in [0.25, 0.3) is 0 Å². The van der Waals surface area contributed by atoms with Gasteiger partial charge in [-0.25, -0.2) is 9.59 Å². The molecule has 3 aromatic carbocycles. The van der Waals surface area contributed by atoms with Crippen molar-refractivity contribution in [3.8, 4) is 0 Å². The second-order valence-corrected chi connectivity index (χ2v) is 6.97. The lowest BCUT2D eigenvalue weighted by molar-refractivity contribution is -0.114. The van der Waals surface area contributed by atoms with Crippen molar-refractivity contribution in [3.63, 3.8) is 0 Å². The molecule has 1 atom stereocenters. The maximum absolute atomic E-state index is 13.3. The van der Waals surface area contributed by atoms with Gasteiger partial charge in [-0.3, -0.25) is 9.69 Å². The summed E-state index contributed by atoms with van der Waals surface area (Å²) >= 11 is 0. The fourth-order valence-electron chi connectivity index (χ4n) is 3.44. The summed E-state index contributed by atoms with van der Waals surface area (Å²) in [7, 11) is 0. The van der Waals surface area contributed by atoms with Gasteiger partial charge >= 0.3 is 11.9 Å². The predicted molar refractivity (Wildman–Crippen MR) is 115 cm³/mol. The van der Waals surface area contributed by atoms with Crippen molar-refractivity contribution in [1.29, 1.82) is 0 Å². The normalized spacial score (nSPS) is 15.5. The van der Waals surface area contributed by atoms with Gasteiger partial charge in [-0.15, -0.1) is 0 Å². The van der Waals surface area contributed by atoms with E-state index in [1.165, 1.54) is 24.3 Å². The van der Waals surface area contributed by atoms with Gasteiger partial charge in [0.25, 0.3) is 5.91 Å². The number of amides is 1. The van der Waals surface area contributed by atoms with E-state index in [1.807, 2.05) is 30.3 Å². The Hall–Kier alpha value is -4.39. The summed E-state index contributed by atoms with van der Waals surface area (Å²) in [6.45, 7) is 0. The molecule has 31 heavy (non-hydrogen) atoms. The Labute approximate surface area is 177 Å². The van der Waals surface area contributed by atoms with E-state index in [1.54, 1.807) is 35.2 Å². The molecule has 0 aliphatic carbocycles. The number of benzene rings is 3. The fraction of sp³-hybridized carbons (Fsp3) is 0.0417. The Morgan fingerprint density at radius 3 is 1.87 bits per heavy atom. The number of aromatic carboxylic acids is 2. The van der Waals surface area contributed by atoms with Crippen LogP contribution in [-0.4, -0.2) is 28.1 Å². The summed E-state index contributed by atoms with van der Waals surface area (Å²) < 4.78 is 0. The molecular formula is C24H18N2O5. The molecule has 0 fully saturated rings. The molecule has 1 heterocycles. The molecule has 7 heteroatoms. The number of carboxylic acids is 2. The molecule has 0 aromatic heterocycles. The van der Waals surface area contributed by atoms with E-state index >= 15 is 0 Å². The smallest absolute Gasteiger partial charge is 0.335 e. The number of carbonyl (C=O) groups is 3. The molecule has 1 amide bonds. The van der Waals surface area contributed by atoms with E-state index in [0.29, 0.717) is 17.1 Å². The summed E-state index contributed by atoms with van der Waals surface area (Å²) in [5.74, 6) is -2.34. The van der Waals surface area contributed by atoms with E-state index in [4.69, 9.17) is 10.2 Å². The van der Waals surface area contributed by atoms with Crippen molar-refractivity contribution in [2.24, 2.45) is 0 Å². The van der Waals surface area contributed by atoms with E-state index < -0.39 is 11.9 Å². The molecule has 1 aliphatic heterocycles. The first-order chi connectivity index (χ1) is 14.9. The van der Waals surface area contributed by atoms with Crippen LogP contribution in [0.15, 0.2) is 90.6 Å². The minimum Gasteiger partial charge on any atom is -0.478 e. The van der Waals surface area contributed by atoms with Gasteiger partial charge in [-0.05, 0) is 60.2 Å². The number of hydrogen-bond donors (Lipinski definition) is 3. The monoisotopic (exact) mass is 414 g/mol. The number of hydrogen-bond acceptors (Lipinski definition) is 4. The van der Waals surface area contributed by atoms with Crippen LogP contribution in [0, 0.1) is 0 Å². The highest BCUT2D eigenvalue weighted by atomic mass is 16.4. The van der Waals surface area contributed by atoms with Crippen LogP contribution in [0.4, 0.5) is 11.4 Å². The van der Waals surface area contributed by atoms with Crippen LogP contribution in [-0.2, 0) is 4.79 Å². The molecule has 0 spiro atoms. The number of anilines is 2. The van der Waals surface area contributed by atoms with Crippen molar-refractivity contribution in [3.05, 3.63) is 107 Å². The molecule has 1 unspecified atom stereocenters. The summed E-state index contributed by atoms with van der Waals surface area (Å²) in [6.07, 6.45) is 1.80. The largest absolute Gasteiger partial charge is 0.478 e. The number of carboxylic acid groups (broad SMARTS) is 2. The average molecular weight is 414 g/mol. The summed E-state index contributed by atoms with van der Waals surface area (Å²) in [6, 6.07) is 21.4. The third kappa shape index (κ3) is 4.02. The lowest BCUT2D eigenvalue weighted by Crippen LogP contribution is -2.30. The van der Waals surface area contributed by atoms with Gasteiger partial charge in [0.05, 0.1) is 17.2 Å². The summed E-state index contributed by atoms with van der Waals surface area (Å²) in [4.78, 5) is 37.1. The van der Waals surface area contributed by atoms with Crippen LogP contribution in [0.2, 0.25) is 0 Å². The van der Waals surface area contributed by atoms with Crippen molar-refractivity contribution < 1.29 is 24.6 Å². The zero-order valence-corrected chi connectivity index (χ0v) is 16.2. The first-order valence-corrected chi connectivity index (χ1v) is 9.48. The highest BCUT2D eigenvalue weighted by Gasteiger charge is 2.34. The van der Waals surface area contributed by atoms with Crippen molar-refractivity contribution >= 4 is 29.2 Å². The minimum absolute atomic E-state index is 0.136. The number of nitrogens with one attached hydrogen (secondary N) is 1. The molecule has 1 aliphatic rings. The Kier molecular flexibility index (Phi) is 5.24. The number of carbonyl (C=O) groups excluding carboxylic acids is 1. The van der Waals surface area contributed by atoms with Gasteiger partial charge in [-0.1, -0.05) is 30.3 Å². The zero-order chi connectivity index (χ0) is 22.0. The van der Waals surface area contributed by atoms with E-state index in [2.05, 4.69) is 5.32 Å². The fourth-order valence-corrected chi connectivity index (χ4v) is 3.44. The van der Waals surface area contributed by atoms with E-state index in [-0.39, 0.29) is 23.1 Å². The van der Waals surface area contributed by atoms with Gasteiger partial charge in [0.15, 0.2) is 0 Å². The van der Waals surface area contributed by atoms with Gasteiger partial charge in [0, 0.05) is 11.4 Å². The van der Waals surface area contributed by atoms with Crippen molar-refractivity contribution in [2.45, 2.75) is 6.04 Å². The lowest BCUT2D eigenvalue weighted by atomic mass is 10.1. The maximum Gasteiger partial charge on any atom is 0.335 e. The molecule has 0 saturated heterocycles. The third-order valence-electron chi connectivity index (χ3n) is 5.00. The SMILES string of the molecule is O=C(O)c1ccc(NC2=CC(c3ccccc3)N(c3ccc(C(=O)O)cc3)C2=O)cc1. The molecule has 154 valence electrons. The molecule has 4 rings (SSSR count). The van der Waals surface area contributed by atoms with Crippen LogP contribution in [0.5, 0.6) is 0 Å². The van der Waals surface area contributed by atoms with Crippen molar-refractivity contribution in [1.82, 2.24) is 0 Å². The summed E-state index contributed by atoms with van der Waals surface area (Å²) in [5.41, 5.74) is 2.68.